The molecule has 2 atom stereocenters. The van der Waals surface area contributed by atoms with Crippen LogP contribution >= 0.6 is 11.6 Å². The Bertz CT molecular complexity index is 628. The Morgan fingerprint density at radius 3 is 2.43 bits per heavy atom. The van der Waals surface area contributed by atoms with Gasteiger partial charge in [-0.1, -0.05) is 29.8 Å². The van der Waals surface area contributed by atoms with Crippen molar-refractivity contribution in [3.63, 3.8) is 0 Å². The van der Waals surface area contributed by atoms with Gasteiger partial charge in [0.05, 0.1) is 6.04 Å². The Morgan fingerprint density at radius 1 is 1.14 bits per heavy atom. The van der Waals surface area contributed by atoms with Crippen LogP contribution < -0.4 is 10.6 Å². The van der Waals surface area contributed by atoms with Crippen molar-refractivity contribution in [1.82, 2.24) is 0 Å². The Labute approximate surface area is 130 Å². The van der Waals surface area contributed by atoms with Gasteiger partial charge in [-0.15, -0.1) is 0 Å². The molecular formula is C17H20ClFN2. The zero-order chi connectivity index (χ0) is 15.6. The number of anilines is 1. The molecule has 21 heavy (non-hydrogen) atoms. The number of benzene rings is 2. The molecule has 4 heteroatoms. The minimum absolute atomic E-state index is 0.0583. The molecule has 2 rings (SSSR count). The third-order valence-electron chi connectivity index (χ3n) is 3.78. The standard InChI is InChI=1S/C17H20ClFN2/c1-11(20)17-15(19)8-5-9-16(17)21(3)12(2)13-6-4-7-14(18)10-13/h4-12H,20H2,1-3H3. The number of halogens is 2. The van der Waals surface area contributed by atoms with Crippen molar-refractivity contribution in [2.75, 3.05) is 11.9 Å². The van der Waals surface area contributed by atoms with Gasteiger partial charge in [-0.3, -0.25) is 0 Å². The quantitative estimate of drug-likeness (QED) is 0.887. The summed E-state index contributed by atoms with van der Waals surface area (Å²) in [6, 6.07) is 12.4. The van der Waals surface area contributed by atoms with Gasteiger partial charge >= 0.3 is 0 Å². The molecule has 0 spiro atoms. The van der Waals surface area contributed by atoms with Crippen molar-refractivity contribution in [1.29, 1.82) is 0 Å². The summed E-state index contributed by atoms with van der Waals surface area (Å²) in [6.07, 6.45) is 0. The van der Waals surface area contributed by atoms with Gasteiger partial charge in [-0.2, -0.15) is 0 Å². The van der Waals surface area contributed by atoms with Crippen molar-refractivity contribution in [3.8, 4) is 0 Å². The van der Waals surface area contributed by atoms with Crippen molar-refractivity contribution in [3.05, 3.63) is 64.4 Å². The maximum absolute atomic E-state index is 14.1. The molecule has 0 fully saturated rings. The van der Waals surface area contributed by atoms with E-state index in [1.165, 1.54) is 6.07 Å². The van der Waals surface area contributed by atoms with Crippen LogP contribution in [-0.4, -0.2) is 7.05 Å². The first-order chi connectivity index (χ1) is 9.91. The van der Waals surface area contributed by atoms with Crippen LogP contribution in [0.15, 0.2) is 42.5 Å². The van der Waals surface area contributed by atoms with Crippen LogP contribution in [0, 0.1) is 5.82 Å². The summed E-state index contributed by atoms with van der Waals surface area (Å²) in [5.41, 5.74) is 8.34. The Hall–Kier alpha value is -1.58. The number of hydrogen-bond acceptors (Lipinski definition) is 2. The Morgan fingerprint density at radius 2 is 1.81 bits per heavy atom. The lowest BCUT2D eigenvalue weighted by Crippen LogP contribution is -2.24. The number of hydrogen-bond donors (Lipinski definition) is 1. The number of rotatable bonds is 4. The van der Waals surface area contributed by atoms with Crippen molar-refractivity contribution < 1.29 is 4.39 Å². The second-order valence-electron chi connectivity index (χ2n) is 5.30. The fraction of sp³-hybridized carbons (Fsp3) is 0.294. The molecule has 0 saturated heterocycles. The third-order valence-corrected chi connectivity index (χ3v) is 4.01. The largest absolute Gasteiger partial charge is 0.367 e. The molecule has 0 heterocycles. The van der Waals surface area contributed by atoms with E-state index in [0.29, 0.717) is 10.6 Å². The average molecular weight is 307 g/mol. The summed E-state index contributed by atoms with van der Waals surface area (Å²) in [6.45, 7) is 3.85. The highest BCUT2D eigenvalue weighted by atomic mass is 35.5. The summed E-state index contributed by atoms with van der Waals surface area (Å²) in [7, 11) is 1.94. The van der Waals surface area contributed by atoms with Crippen molar-refractivity contribution >= 4 is 17.3 Å². The van der Waals surface area contributed by atoms with Crippen LogP contribution in [0.25, 0.3) is 0 Å². The lowest BCUT2D eigenvalue weighted by molar-refractivity contribution is 0.590. The smallest absolute Gasteiger partial charge is 0.130 e. The molecule has 0 aliphatic rings. The first-order valence-electron chi connectivity index (χ1n) is 6.94. The predicted molar refractivity (Wildman–Crippen MR) is 87.3 cm³/mol. The molecule has 0 aliphatic heterocycles. The van der Waals surface area contributed by atoms with Gasteiger partial charge in [-0.25, -0.2) is 4.39 Å². The van der Waals surface area contributed by atoms with E-state index in [9.17, 15) is 4.39 Å². The van der Waals surface area contributed by atoms with E-state index in [4.69, 9.17) is 17.3 Å². The molecule has 112 valence electrons. The lowest BCUT2D eigenvalue weighted by atomic mass is 10.0. The molecule has 2 nitrogen and oxygen atoms in total. The summed E-state index contributed by atoms with van der Waals surface area (Å²) < 4.78 is 14.1. The van der Waals surface area contributed by atoms with Crippen molar-refractivity contribution in [2.45, 2.75) is 25.9 Å². The van der Waals surface area contributed by atoms with E-state index in [0.717, 1.165) is 11.3 Å². The topological polar surface area (TPSA) is 29.3 Å². The minimum Gasteiger partial charge on any atom is -0.367 e. The Kier molecular flexibility index (Phi) is 4.86. The molecule has 2 unspecified atom stereocenters. The summed E-state index contributed by atoms with van der Waals surface area (Å²) in [5.74, 6) is -0.271. The van der Waals surface area contributed by atoms with Gasteiger partial charge in [0.2, 0.25) is 0 Å². The molecule has 0 bridgehead atoms. The van der Waals surface area contributed by atoms with Crippen molar-refractivity contribution in [2.24, 2.45) is 5.73 Å². The number of nitrogens with two attached hydrogens (primary N) is 1. The average Bonchev–Trinajstić information content (AvgIpc) is 2.45. The zero-order valence-electron chi connectivity index (χ0n) is 12.5. The molecule has 0 saturated carbocycles. The predicted octanol–water partition coefficient (Wildman–Crippen LogP) is 4.70. The van der Waals surface area contributed by atoms with Gasteiger partial charge in [0, 0.05) is 29.4 Å². The summed E-state index contributed by atoms with van der Waals surface area (Å²) in [5, 5.41) is 0.694. The first-order valence-corrected chi connectivity index (χ1v) is 7.32. The molecule has 0 radical (unpaired) electrons. The van der Waals surface area contributed by atoms with Gasteiger partial charge in [0.25, 0.3) is 0 Å². The fourth-order valence-corrected chi connectivity index (χ4v) is 2.68. The molecule has 0 aromatic heterocycles. The van der Waals surface area contributed by atoms with Crippen LogP contribution in [0.3, 0.4) is 0 Å². The van der Waals surface area contributed by atoms with Crippen LogP contribution in [-0.2, 0) is 0 Å². The van der Waals surface area contributed by atoms with Gasteiger partial charge in [0.15, 0.2) is 0 Å². The number of nitrogens with zero attached hydrogens (tertiary/aromatic N) is 1. The highest BCUT2D eigenvalue weighted by molar-refractivity contribution is 6.30. The van der Waals surface area contributed by atoms with Crippen LogP contribution in [0.1, 0.15) is 37.1 Å². The molecule has 2 aromatic carbocycles. The fourth-order valence-electron chi connectivity index (χ4n) is 2.48. The summed E-state index contributed by atoms with van der Waals surface area (Å²) in [4.78, 5) is 2.02. The lowest BCUT2D eigenvalue weighted by Gasteiger charge is -2.30. The van der Waals surface area contributed by atoms with E-state index < -0.39 is 0 Å². The van der Waals surface area contributed by atoms with E-state index in [1.54, 1.807) is 13.0 Å². The first kappa shape index (κ1) is 15.8. The Balaban J connectivity index is 2.40. The maximum atomic E-state index is 14.1. The molecule has 0 aliphatic carbocycles. The third kappa shape index (κ3) is 3.36. The second-order valence-corrected chi connectivity index (χ2v) is 5.74. The SMILES string of the molecule is CC(N)c1c(F)cccc1N(C)C(C)c1cccc(Cl)c1. The minimum atomic E-state index is -0.366. The zero-order valence-corrected chi connectivity index (χ0v) is 13.2. The van der Waals surface area contributed by atoms with Gasteiger partial charge in [-0.05, 0) is 43.7 Å². The molecule has 2 N–H and O–H groups in total. The van der Waals surface area contributed by atoms with Crippen LogP contribution in [0.5, 0.6) is 0 Å². The van der Waals surface area contributed by atoms with E-state index >= 15 is 0 Å². The van der Waals surface area contributed by atoms with E-state index in [-0.39, 0.29) is 17.9 Å². The highest BCUT2D eigenvalue weighted by Gasteiger charge is 2.19. The summed E-state index contributed by atoms with van der Waals surface area (Å²) >= 11 is 6.05. The van der Waals surface area contributed by atoms with Crippen LogP contribution in [0.2, 0.25) is 5.02 Å². The monoisotopic (exact) mass is 306 g/mol. The van der Waals surface area contributed by atoms with Gasteiger partial charge in [0.1, 0.15) is 5.82 Å². The van der Waals surface area contributed by atoms with Gasteiger partial charge < -0.3 is 10.6 Å². The highest BCUT2D eigenvalue weighted by Crippen LogP contribution is 2.32. The second kappa shape index (κ2) is 6.46. The molecule has 0 amide bonds. The normalized spacial score (nSPS) is 13.8. The maximum Gasteiger partial charge on any atom is 0.130 e. The molecular weight excluding hydrogens is 287 g/mol. The van der Waals surface area contributed by atoms with Crippen LogP contribution in [0.4, 0.5) is 10.1 Å². The van der Waals surface area contributed by atoms with E-state index in [1.807, 2.05) is 42.3 Å². The molecule has 2 aromatic rings. The van der Waals surface area contributed by atoms with E-state index in [2.05, 4.69) is 6.92 Å².